The molecule has 1 aliphatic rings. The Hall–Kier alpha value is -1.27. The van der Waals surface area contributed by atoms with Gasteiger partial charge in [0, 0.05) is 6.54 Å². The molecule has 0 saturated carbocycles. The molecule has 1 heterocycles. The second-order valence-electron chi connectivity index (χ2n) is 5.87. The third-order valence-corrected chi connectivity index (χ3v) is 4.92. The van der Waals surface area contributed by atoms with Crippen molar-refractivity contribution in [3.05, 3.63) is 57.2 Å². The van der Waals surface area contributed by atoms with Crippen molar-refractivity contribution < 1.29 is 9.47 Å². The Morgan fingerprint density at radius 1 is 1.04 bits per heavy atom. The number of benzene rings is 2. The van der Waals surface area contributed by atoms with Gasteiger partial charge in [-0.05, 0) is 71.8 Å². The van der Waals surface area contributed by atoms with Crippen molar-refractivity contribution in [1.29, 1.82) is 0 Å². The second-order valence-corrected chi connectivity index (χ2v) is 7.03. The van der Waals surface area contributed by atoms with Gasteiger partial charge in [-0.3, -0.25) is 4.90 Å². The monoisotopic (exact) mass is 423 g/mol. The standard InChI is InChI=1S/C19H22INO2/c1-22-18-12-16(13-21-9-5-6-10-21)11-17(20)19(18)23-14-15-7-3-2-4-8-15/h2-4,7-8,11-12H,5-6,9-10,13-14H2,1H3. The highest BCUT2D eigenvalue weighted by Gasteiger charge is 2.16. The SMILES string of the molecule is COc1cc(CN2CCCC2)cc(I)c1OCc1ccccc1. The van der Waals surface area contributed by atoms with Crippen molar-refractivity contribution in [2.75, 3.05) is 20.2 Å². The predicted molar refractivity (Wildman–Crippen MR) is 101 cm³/mol. The largest absolute Gasteiger partial charge is 0.493 e. The van der Waals surface area contributed by atoms with Crippen LogP contribution in [0.25, 0.3) is 0 Å². The first-order valence-electron chi connectivity index (χ1n) is 8.02. The van der Waals surface area contributed by atoms with E-state index in [2.05, 4.69) is 51.8 Å². The molecule has 0 N–H and O–H groups in total. The second kappa shape index (κ2) is 8.02. The molecular formula is C19H22INO2. The number of likely N-dealkylation sites (tertiary alicyclic amines) is 1. The number of hydrogen-bond donors (Lipinski definition) is 0. The summed E-state index contributed by atoms with van der Waals surface area (Å²) in [6.45, 7) is 3.94. The Kier molecular flexibility index (Phi) is 5.78. The minimum Gasteiger partial charge on any atom is -0.493 e. The fourth-order valence-electron chi connectivity index (χ4n) is 2.93. The van der Waals surface area contributed by atoms with E-state index in [-0.39, 0.29) is 0 Å². The number of methoxy groups -OCH3 is 1. The van der Waals surface area contributed by atoms with Gasteiger partial charge in [0.15, 0.2) is 11.5 Å². The quantitative estimate of drug-likeness (QED) is 0.640. The molecule has 0 aliphatic carbocycles. The Morgan fingerprint density at radius 3 is 2.48 bits per heavy atom. The molecule has 0 atom stereocenters. The lowest BCUT2D eigenvalue weighted by atomic mass is 10.2. The summed E-state index contributed by atoms with van der Waals surface area (Å²) in [5.74, 6) is 1.66. The molecule has 4 heteroatoms. The van der Waals surface area contributed by atoms with Crippen molar-refractivity contribution in [3.63, 3.8) is 0 Å². The fraction of sp³-hybridized carbons (Fsp3) is 0.368. The van der Waals surface area contributed by atoms with E-state index < -0.39 is 0 Å². The van der Waals surface area contributed by atoms with Crippen molar-refractivity contribution in [3.8, 4) is 11.5 Å². The molecule has 2 aromatic rings. The van der Waals surface area contributed by atoms with Crippen LogP contribution in [0.4, 0.5) is 0 Å². The molecule has 3 rings (SSSR count). The number of nitrogens with zero attached hydrogens (tertiary/aromatic N) is 1. The first-order chi connectivity index (χ1) is 11.3. The minimum atomic E-state index is 0.554. The molecule has 0 amide bonds. The normalized spacial score (nSPS) is 14.9. The van der Waals surface area contributed by atoms with Crippen LogP contribution >= 0.6 is 22.6 Å². The third kappa shape index (κ3) is 4.38. The number of rotatable bonds is 6. The predicted octanol–water partition coefficient (Wildman–Crippen LogP) is 4.47. The van der Waals surface area contributed by atoms with E-state index >= 15 is 0 Å². The highest BCUT2D eigenvalue weighted by atomic mass is 127. The van der Waals surface area contributed by atoms with Crippen molar-refractivity contribution in [2.45, 2.75) is 26.0 Å². The highest BCUT2D eigenvalue weighted by molar-refractivity contribution is 14.1. The fourth-order valence-corrected chi connectivity index (χ4v) is 3.75. The van der Waals surface area contributed by atoms with Gasteiger partial charge < -0.3 is 9.47 Å². The molecule has 2 aromatic carbocycles. The van der Waals surface area contributed by atoms with Crippen LogP contribution in [0.3, 0.4) is 0 Å². The average molecular weight is 423 g/mol. The van der Waals surface area contributed by atoms with Crippen LogP contribution in [-0.4, -0.2) is 25.1 Å². The smallest absolute Gasteiger partial charge is 0.174 e. The first kappa shape index (κ1) is 16.6. The van der Waals surface area contributed by atoms with E-state index in [9.17, 15) is 0 Å². The van der Waals surface area contributed by atoms with Gasteiger partial charge in [0.1, 0.15) is 6.61 Å². The molecule has 0 bridgehead atoms. The summed E-state index contributed by atoms with van der Waals surface area (Å²) in [6, 6.07) is 14.5. The molecule has 0 aromatic heterocycles. The lowest BCUT2D eigenvalue weighted by Gasteiger charge is -2.18. The van der Waals surface area contributed by atoms with Crippen molar-refractivity contribution in [1.82, 2.24) is 4.90 Å². The Bertz CT molecular complexity index is 639. The molecule has 1 fully saturated rings. The summed E-state index contributed by atoms with van der Waals surface area (Å²) in [6.07, 6.45) is 2.62. The number of ether oxygens (including phenoxy) is 2. The van der Waals surface area contributed by atoms with Crippen LogP contribution < -0.4 is 9.47 Å². The van der Waals surface area contributed by atoms with Gasteiger partial charge in [-0.15, -0.1) is 0 Å². The lowest BCUT2D eigenvalue weighted by Crippen LogP contribution is -2.18. The maximum Gasteiger partial charge on any atom is 0.174 e. The first-order valence-corrected chi connectivity index (χ1v) is 9.09. The molecule has 1 aliphatic heterocycles. The molecule has 3 nitrogen and oxygen atoms in total. The molecule has 0 unspecified atom stereocenters. The summed E-state index contributed by atoms with van der Waals surface area (Å²) in [7, 11) is 1.71. The topological polar surface area (TPSA) is 21.7 Å². The molecule has 122 valence electrons. The molecule has 1 saturated heterocycles. The van der Waals surface area contributed by atoms with Crippen LogP contribution in [0.1, 0.15) is 24.0 Å². The summed E-state index contributed by atoms with van der Waals surface area (Å²) < 4.78 is 12.7. The van der Waals surface area contributed by atoms with Gasteiger partial charge in [0.2, 0.25) is 0 Å². The van der Waals surface area contributed by atoms with Gasteiger partial charge in [0.25, 0.3) is 0 Å². The minimum absolute atomic E-state index is 0.554. The summed E-state index contributed by atoms with van der Waals surface area (Å²) in [5, 5.41) is 0. The van der Waals surface area contributed by atoms with E-state index in [1.54, 1.807) is 7.11 Å². The van der Waals surface area contributed by atoms with Crippen molar-refractivity contribution in [2.24, 2.45) is 0 Å². The number of halogens is 1. The summed E-state index contributed by atoms with van der Waals surface area (Å²) >= 11 is 2.34. The van der Waals surface area contributed by atoms with E-state index in [4.69, 9.17) is 9.47 Å². The molecule has 0 spiro atoms. The van der Waals surface area contributed by atoms with Crippen LogP contribution in [-0.2, 0) is 13.2 Å². The van der Waals surface area contributed by atoms with Crippen molar-refractivity contribution >= 4 is 22.6 Å². The van der Waals surface area contributed by atoms with Crippen LogP contribution in [0.5, 0.6) is 11.5 Å². The Balaban J connectivity index is 1.74. The summed E-state index contributed by atoms with van der Waals surface area (Å²) in [5.41, 5.74) is 2.45. The van der Waals surface area contributed by atoms with Gasteiger partial charge in [-0.1, -0.05) is 30.3 Å². The van der Waals surface area contributed by atoms with Crippen LogP contribution in [0.15, 0.2) is 42.5 Å². The number of hydrogen-bond acceptors (Lipinski definition) is 3. The van der Waals surface area contributed by atoms with Gasteiger partial charge in [-0.2, -0.15) is 0 Å². The Labute approximate surface area is 151 Å². The highest BCUT2D eigenvalue weighted by Crippen LogP contribution is 2.35. The Morgan fingerprint density at radius 2 is 1.78 bits per heavy atom. The molecule has 0 radical (unpaired) electrons. The average Bonchev–Trinajstić information content (AvgIpc) is 3.07. The van der Waals surface area contributed by atoms with Gasteiger partial charge >= 0.3 is 0 Å². The zero-order chi connectivity index (χ0) is 16.1. The van der Waals surface area contributed by atoms with Crippen LogP contribution in [0, 0.1) is 3.57 Å². The van der Waals surface area contributed by atoms with Crippen LogP contribution in [0.2, 0.25) is 0 Å². The van der Waals surface area contributed by atoms with E-state index in [0.29, 0.717) is 6.61 Å². The zero-order valence-electron chi connectivity index (χ0n) is 13.4. The lowest BCUT2D eigenvalue weighted by molar-refractivity contribution is 0.281. The van der Waals surface area contributed by atoms with Gasteiger partial charge in [0.05, 0.1) is 10.7 Å². The van der Waals surface area contributed by atoms with Gasteiger partial charge in [-0.25, -0.2) is 0 Å². The maximum absolute atomic E-state index is 6.02. The van der Waals surface area contributed by atoms with E-state index in [1.807, 2.05) is 18.2 Å². The summed E-state index contributed by atoms with van der Waals surface area (Å²) in [4.78, 5) is 2.50. The molecular weight excluding hydrogens is 401 g/mol. The third-order valence-electron chi connectivity index (χ3n) is 4.12. The molecule has 23 heavy (non-hydrogen) atoms. The van der Waals surface area contributed by atoms with E-state index in [0.717, 1.165) is 27.2 Å². The maximum atomic E-state index is 6.02. The zero-order valence-corrected chi connectivity index (χ0v) is 15.6. The van der Waals surface area contributed by atoms with E-state index in [1.165, 1.54) is 31.5 Å².